The van der Waals surface area contributed by atoms with Crippen LogP contribution in [0, 0.1) is 0 Å². The first-order valence-corrected chi connectivity index (χ1v) is 8.81. The molecular formula is C20H22N2O5. The zero-order valence-electron chi connectivity index (χ0n) is 14.9. The molecule has 7 nitrogen and oxygen atoms in total. The Morgan fingerprint density at radius 1 is 0.889 bits per heavy atom. The van der Waals surface area contributed by atoms with Crippen LogP contribution in [0.2, 0.25) is 0 Å². The van der Waals surface area contributed by atoms with E-state index < -0.39 is 0 Å². The number of phenolic OH excluding ortho intramolecular Hbond substituents is 2. The minimum absolute atomic E-state index is 0.0433. The Kier molecular flexibility index (Phi) is 5.80. The number of carbonyl (C=O) groups excluding carboxylic acids is 2. The van der Waals surface area contributed by atoms with Gasteiger partial charge in [-0.05, 0) is 30.7 Å². The first kappa shape index (κ1) is 18.6. The van der Waals surface area contributed by atoms with Gasteiger partial charge in [-0.15, -0.1) is 0 Å². The van der Waals surface area contributed by atoms with E-state index in [1.165, 1.54) is 18.2 Å². The van der Waals surface area contributed by atoms with Gasteiger partial charge < -0.3 is 24.7 Å². The maximum absolute atomic E-state index is 12.6. The summed E-state index contributed by atoms with van der Waals surface area (Å²) in [6.07, 6.45) is 0.646. The second kappa shape index (κ2) is 8.44. The van der Waals surface area contributed by atoms with Crippen LogP contribution in [-0.4, -0.2) is 64.6 Å². The van der Waals surface area contributed by atoms with Crippen molar-refractivity contribution in [3.05, 3.63) is 54.1 Å². The van der Waals surface area contributed by atoms with Crippen molar-refractivity contribution in [3.63, 3.8) is 0 Å². The molecule has 1 fully saturated rings. The fourth-order valence-electron chi connectivity index (χ4n) is 3.02. The molecule has 3 rings (SSSR count). The molecule has 0 atom stereocenters. The van der Waals surface area contributed by atoms with Crippen molar-refractivity contribution in [2.24, 2.45) is 0 Å². The predicted octanol–water partition coefficient (Wildman–Crippen LogP) is 1.85. The molecule has 142 valence electrons. The van der Waals surface area contributed by atoms with E-state index in [9.17, 15) is 19.8 Å². The Bertz CT molecular complexity index is 789. The first-order valence-electron chi connectivity index (χ1n) is 8.81. The third kappa shape index (κ3) is 4.91. The van der Waals surface area contributed by atoms with Crippen LogP contribution in [0.3, 0.4) is 0 Å². The summed E-state index contributed by atoms with van der Waals surface area (Å²) in [4.78, 5) is 28.3. The van der Waals surface area contributed by atoms with Gasteiger partial charge in [0.2, 0.25) is 0 Å². The van der Waals surface area contributed by atoms with Crippen LogP contribution < -0.4 is 4.74 Å². The number of aromatic hydroxyl groups is 2. The third-order valence-electron chi connectivity index (χ3n) is 4.39. The van der Waals surface area contributed by atoms with Crippen LogP contribution in [0.15, 0.2) is 48.5 Å². The van der Waals surface area contributed by atoms with Gasteiger partial charge in [0, 0.05) is 37.8 Å². The summed E-state index contributed by atoms with van der Waals surface area (Å²) in [5, 5.41) is 19.1. The monoisotopic (exact) mass is 370 g/mol. The lowest BCUT2D eigenvalue weighted by molar-refractivity contribution is -0.133. The molecule has 1 heterocycles. The van der Waals surface area contributed by atoms with E-state index in [0.29, 0.717) is 38.3 Å². The van der Waals surface area contributed by atoms with Crippen molar-refractivity contribution in [1.29, 1.82) is 0 Å². The molecule has 7 heteroatoms. The smallest absolute Gasteiger partial charge is 0.260 e. The van der Waals surface area contributed by atoms with Gasteiger partial charge in [0.05, 0.1) is 0 Å². The molecule has 0 unspecified atom stereocenters. The molecule has 0 saturated carbocycles. The summed E-state index contributed by atoms with van der Waals surface area (Å²) in [6.45, 7) is 1.79. The summed E-state index contributed by atoms with van der Waals surface area (Å²) in [6, 6.07) is 13.0. The van der Waals surface area contributed by atoms with Gasteiger partial charge in [0.15, 0.2) is 6.61 Å². The molecule has 1 aliphatic rings. The number of hydrogen-bond donors (Lipinski definition) is 2. The molecule has 0 bridgehead atoms. The number of benzene rings is 2. The molecule has 1 aliphatic heterocycles. The quantitative estimate of drug-likeness (QED) is 0.857. The van der Waals surface area contributed by atoms with E-state index in [2.05, 4.69) is 0 Å². The van der Waals surface area contributed by atoms with Crippen molar-refractivity contribution < 1.29 is 24.5 Å². The van der Waals surface area contributed by atoms with Gasteiger partial charge in [0.1, 0.15) is 17.2 Å². The van der Waals surface area contributed by atoms with E-state index in [1.807, 2.05) is 18.2 Å². The van der Waals surface area contributed by atoms with E-state index in [-0.39, 0.29) is 35.5 Å². The van der Waals surface area contributed by atoms with Gasteiger partial charge >= 0.3 is 0 Å². The SMILES string of the molecule is O=C(COc1ccccc1)N1CCCN(C(=O)c2cc(O)cc(O)c2)CC1. The number of nitrogens with zero attached hydrogens (tertiary/aromatic N) is 2. The number of rotatable bonds is 4. The van der Waals surface area contributed by atoms with Gasteiger partial charge in [-0.25, -0.2) is 0 Å². The van der Waals surface area contributed by atoms with E-state index >= 15 is 0 Å². The lowest BCUT2D eigenvalue weighted by Gasteiger charge is -2.22. The fourth-order valence-corrected chi connectivity index (χ4v) is 3.02. The van der Waals surface area contributed by atoms with Crippen LogP contribution in [0.25, 0.3) is 0 Å². The van der Waals surface area contributed by atoms with Gasteiger partial charge in [-0.1, -0.05) is 18.2 Å². The lowest BCUT2D eigenvalue weighted by atomic mass is 10.1. The summed E-state index contributed by atoms with van der Waals surface area (Å²) >= 11 is 0. The van der Waals surface area contributed by atoms with Gasteiger partial charge in [0.25, 0.3) is 11.8 Å². The number of carbonyl (C=O) groups is 2. The molecule has 2 aromatic rings. The molecule has 2 aromatic carbocycles. The Hall–Kier alpha value is -3.22. The summed E-state index contributed by atoms with van der Waals surface area (Å²) in [5.74, 6) is -0.0913. The van der Waals surface area contributed by atoms with Crippen molar-refractivity contribution in [1.82, 2.24) is 9.80 Å². The largest absolute Gasteiger partial charge is 0.508 e. The zero-order chi connectivity index (χ0) is 19.2. The van der Waals surface area contributed by atoms with Gasteiger partial charge in [-0.2, -0.15) is 0 Å². The first-order chi connectivity index (χ1) is 13.0. The van der Waals surface area contributed by atoms with Crippen LogP contribution in [-0.2, 0) is 4.79 Å². The minimum Gasteiger partial charge on any atom is -0.508 e. The van der Waals surface area contributed by atoms with Crippen LogP contribution >= 0.6 is 0 Å². The Morgan fingerprint density at radius 2 is 1.52 bits per heavy atom. The number of para-hydroxylation sites is 1. The van der Waals surface area contributed by atoms with Crippen molar-refractivity contribution >= 4 is 11.8 Å². The zero-order valence-corrected chi connectivity index (χ0v) is 14.9. The highest BCUT2D eigenvalue weighted by atomic mass is 16.5. The normalized spacial score (nSPS) is 14.5. The predicted molar refractivity (Wildman–Crippen MR) is 98.8 cm³/mol. The maximum atomic E-state index is 12.6. The van der Waals surface area contributed by atoms with Crippen LogP contribution in [0.1, 0.15) is 16.8 Å². The van der Waals surface area contributed by atoms with Crippen molar-refractivity contribution in [2.45, 2.75) is 6.42 Å². The highest BCUT2D eigenvalue weighted by molar-refractivity contribution is 5.95. The number of phenols is 2. The second-order valence-corrected chi connectivity index (χ2v) is 6.37. The van der Waals surface area contributed by atoms with E-state index in [0.717, 1.165) is 0 Å². The highest BCUT2D eigenvalue weighted by Gasteiger charge is 2.23. The Morgan fingerprint density at radius 3 is 2.22 bits per heavy atom. The molecule has 2 amide bonds. The molecule has 0 spiro atoms. The average molecular weight is 370 g/mol. The van der Waals surface area contributed by atoms with Crippen LogP contribution in [0.5, 0.6) is 17.2 Å². The molecule has 27 heavy (non-hydrogen) atoms. The molecule has 0 radical (unpaired) electrons. The van der Waals surface area contributed by atoms with Crippen molar-refractivity contribution in [3.8, 4) is 17.2 Å². The molecule has 1 saturated heterocycles. The lowest BCUT2D eigenvalue weighted by Crippen LogP contribution is -2.39. The number of hydrogen-bond acceptors (Lipinski definition) is 5. The van der Waals surface area contributed by atoms with Crippen molar-refractivity contribution in [2.75, 3.05) is 32.8 Å². The Labute approximate surface area is 157 Å². The van der Waals surface area contributed by atoms with E-state index in [1.54, 1.807) is 21.9 Å². The number of ether oxygens (including phenoxy) is 1. The maximum Gasteiger partial charge on any atom is 0.260 e. The van der Waals surface area contributed by atoms with Gasteiger partial charge in [-0.3, -0.25) is 9.59 Å². The molecular weight excluding hydrogens is 348 g/mol. The molecule has 2 N–H and O–H groups in total. The van der Waals surface area contributed by atoms with E-state index in [4.69, 9.17) is 4.74 Å². The summed E-state index contributed by atoms with van der Waals surface area (Å²) < 4.78 is 5.50. The Balaban J connectivity index is 1.56. The van der Waals surface area contributed by atoms with Crippen LogP contribution in [0.4, 0.5) is 0 Å². The topological polar surface area (TPSA) is 90.3 Å². The minimum atomic E-state index is -0.281. The molecule has 0 aromatic heterocycles. The average Bonchev–Trinajstić information content (AvgIpc) is 2.92. The fraction of sp³-hybridized carbons (Fsp3) is 0.300. The highest BCUT2D eigenvalue weighted by Crippen LogP contribution is 2.22. The molecule has 0 aliphatic carbocycles. The standard InChI is InChI=1S/C20H22N2O5/c23-16-11-15(12-17(24)13-16)20(26)22-8-4-7-21(9-10-22)19(25)14-27-18-5-2-1-3-6-18/h1-3,5-6,11-13,23-24H,4,7-10,14H2. The number of amides is 2. The third-order valence-corrected chi connectivity index (χ3v) is 4.39. The second-order valence-electron chi connectivity index (χ2n) is 6.37. The summed E-state index contributed by atoms with van der Waals surface area (Å²) in [7, 11) is 0. The summed E-state index contributed by atoms with van der Waals surface area (Å²) in [5.41, 5.74) is 0.222.